The monoisotopic (exact) mass is 398 g/mol. The number of rotatable bonds is 5. The summed E-state index contributed by atoms with van der Waals surface area (Å²) in [5.74, 6) is -0.0805. The zero-order valence-electron chi connectivity index (χ0n) is 16.6. The first-order valence-electron chi connectivity index (χ1n) is 10.2. The van der Waals surface area contributed by atoms with Gasteiger partial charge in [0.2, 0.25) is 5.78 Å². The number of nitrogens with zero attached hydrogens (tertiary/aromatic N) is 3. The molecule has 2 aliphatic rings. The zero-order chi connectivity index (χ0) is 20.4. The summed E-state index contributed by atoms with van der Waals surface area (Å²) < 4.78 is 7.73. The molecule has 1 aliphatic heterocycles. The Bertz CT molecular complexity index is 912. The minimum Gasteiger partial charge on any atom is -0.377 e. The van der Waals surface area contributed by atoms with Gasteiger partial charge in [0.1, 0.15) is 5.69 Å². The molecule has 2 heterocycles. The van der Waals surface area contributed by atoms with E-state index in [1.807, 2.05) is 0 Å². The molecule has 1 N–H and O–H groups in total. The molecule has 2 fully saturated rings. The predicted molar refractivity (Wildman–Crippen MR) is 108 cm³/mol. The highest BCUT2D eigenvalue weighted by Gasteiger charge is 2.39. The number of imidazole rings is 1. The number of ether oxygens (including phenoxy) is 1. The SMILES string of the molecule is Cn1ccnc1C(=O)c1ccc(NC2CCOC3(CCCCC3)C2)c([N+](=O)[O-])c1. The van der Waals surface area contributed by atoms with E-state index in [0.29, 0.717) is 12.3 Å². The van der Waals surface area contributed by atoms with Crippen molar-refractivity contribution in [3.8, 4) is 0 Å². The van der Waals surface area contributed by atoms with Gasteiger partial charge in [0.05, 0.1) is 10.5 Å². The maximum absolute atomic E-state index is 12.7. The van der Waals surface area contributed by atoms with Gasteiger partial charge in [-0.25, -0.2) is 4.98 Å². The molecule has 1 saturated carbocycles. The molecule has 8 heteroatoms. The van der Waals surface area contributed by atoms with Crippen molar-refractivity contribution in [2.45, 2.75) is 56.6 Å². The van der Waals surface area contributed by atoms with E-state index in [0.717, 1.165) is 25.7 Å². The molecular formula is C21H26N4O4. The quantitative estimate of drug-likeness (QED) is 0.466. The molecule has 2 aromatic rings. The van der Waals surface area contributed by atoms with Gasteiger partial charge in [0.25, 0.3) is 5.69 Å². The van der Waals surface area contributed by atoms with Crippen molar-refractivity contribution in [2.75, 3.05) is 11.9 Å². The van der Waals surface area contributed by atoms with Gasteiger partial charge in [-0.05, 0) is 37.8 Å². The molecule has 0 bridgehead atoms. The third-order valence-corrected chi connectivity index (χ3v) is 6.10. The fourth-order valence-corrected chi connectivity index (χ4v) is 4.57. The Kier molecular flexibility index (Phi) is 5.36. The molecule has 1 aromatic heterocycles. The first-order chi connectivity index (χ1) is 14.0. The minimum atomic E-state index is -0.437. The van der Waals surface area contributed by atoms with Crippen LogP contribution in [0.4, 0.5) is 11.4 Å². The molecule has 4 rings (SSSR count). The lowest BCUT2D eigenvalue weighted by Gasteiger charge is -2.43. The van der Waals surface area contributed by atoms with Crippen LogP contribution < -0.4 is 5.32 Å². The highest BCUT2D eigenvalue weighted by atomic mass is 16.6. The molecule has 1 spiro atoms. The average Bonchev–Trinajstić information content (AvgIpc) is 3.14. The van der Waals surface area contributed by atoms with Crippen molar-refractivity contribution in [1.82, 2.24) is 9.55 Å². The van der Waals surface area contributed by atoms with Crippen LogP contribution in [0.3, 0.4) is 0 Å². The number of carbonyl (C=O) groups is 1. The van der Waals surface area contributed by atoms with Gasteiger partial charge >= 0.3 is 0 Å². The molecule has 154 valence electrons. The molecule has 8 nitrogen and oxygen atoms in total. The van der Waals surface area contributed by atoms with Crippen LogP contribution in [-0.2, 0) is 11.8 Å². The Hall–Kier alpha value is -2.74. The number of aromatic nitrogens is 2. The lowest BCUT2D eigenvalue weighted by molar-refractivity contribution is -0.384. The van der Waals surface area contributed by atoms with Crippen LogP contribution in [0, 0.1) is 10.1 Å². The summed E-state index contributed by atoms with van der Waals surface area (Å²) >= 11 is 0. The van der Waals surface area contributed by atoms with Crippen molar-refractivity contribution >= 4 is 17.2 Å². The maximum atomic E-state index is 12.7. The Morgan fingerprint density at radius 2 is 2.14 bits per heavy atom. The second-order valence-electron chi connectivity index (χ2n) is 8.11. The van der Waals surface area contributed by atoms with Crippen LogP contribution in [0.15, 0.2) is 30.6 Å². The molecule has 0 amide bonds. The molecule has 1 saturated heterocycles. The third-order valence-electron chi connectivity index (χ3n) is 6.10. The van der Waals surface area contributed by atoms with Gasteiger partial charge < -0.3 is 14.6 Å². The fourth-order valence-electron chi connectivity index (χ4n) is 4.57. The van der Waals surface area contributed by atoms with Crippen LogP contribution in [0.25, 0.3) is 0 Å². The molecule has 1 atom stereocenters. The van der Waals surface area contributed by atoms with Crippen LogP contribution in [0.5, 0.6) is 0 Å². The number of carbonyl (C=O) groups excluding carboxylic acids is 1. The summed E-state index contributed by atoms with van der Waals surface area (Å²) in [5.41, 5.74) is 0.530. The summed E-state index contributed by atoms with van der Waals surface area (Å²) in [4.78, 5) is 28.0. The van der Waals surface area contributed by atoms with E-state index in [1.165, 1.54) is 31.5 Å². The summed E-state index contributed by atoms with van der Waals surface area (Å²) in [6.45, 7) is 0.668. The maximum Gasteiger partial charge on any atom is 0.293 e. The van der Waals surface area contributed by atoms with E-state index in [1.54, 1.807) is 29.9 Å². The van der Waals surface area contributed by atoms with Crippen LogP contribution in [0.1, 0.15) is 61.1 Å². The van der Waals surface area contributed by atoms with Gasteiger partial charge in [-0.1, -0.05) is 19.3 Å². The molecule has 29 heavy (non-hydrogen) atoms. The molecule has 1 unspecified atom stereocenters. The van der Waals surface area contributed by atoms with Gasteiger partial charge in [0, 0.05) is 43.7 Å². The number of hydrogen-bond acceptors (Lipinski definition) is 6. The second kappa shape index (κ2) is 7.94. The fraction of sp³-hybridized carbons (Fsp3) is 0.524. The predicted octanol–water partition coefficient (Wildman–Crippen LogP) is 3.85. The number of anilines is 1. The minimum absolute atomic E-state index is 0.0863. The van der Waals surface area contributed by atoms with E-state index < -0.39 is 4.92 Å². The number of nitro groups is 1. The number of aryl methyl sites for hydroxylation is 1. The van der Waals surface area contributed by atoms with Gasteiger partial charge in [-0.2, -0.15) is 0 Å². The number of ketones is 1. The Balaban J connectivity index is 1.55. The number of benzene rings is 1. The van der Waals surface area contributed by atoms with E-state index >= 15 is 0 Å². The van der Waals surface area contributed by atoms with Gasteiger partial charge in [-0.3, -0.25) is 14.9 Å². The topological polar surface area (TPSA) is 99.3 Å². The summed E-state index contributed by atoms with van der Waals surface area (Å²) in [6, 6.07) is 4.73. The summed E-state index contributed by atoms with van der Waals surface area (Å²) in [7, 11) is 1.72. The lowest BCUT2D eigenvalue weighted by Crippen LogP contribution is -2.45. The lowest BCUT2D eigenvalue weighted by atomic mass is 9.78. The first-order valence-corrected chi connectivity index (χ1v) is 10.2. The average molecular weight is 398 g/mol. The Labute approximate surface area is 169 Å². The molecule has 1 aliphatic carbocycles. The van der Waals surface area contributed by atoms with Crippen molar-refractivity contribution < 1.29 is 14.5 Å². The highest BCUT2D eigenvalue weighted by molar-refractivity contribution is 6.07. The van der Waals surface area contributed by atoms with Gasteiger partial charge in [-0.15, -0.1) is 0 Å². The molecule has 0 radical (unpaired) electrons. The van der Waals surface area contributed by atoms with E-state index in [2.05, 4.69) is 10.3 Å². The van der Waals surface area contributed by atoms with Crippen molar-refractivity contribution in [3.05, 3.63) is 52.1 Å². The van der Waals surface area contributed by atoms with E-state index in [9.17, 15) is 14.9 Å². The van der Waals surface area contributed by atoms with E-state index in [4.69, 9.17) is 4.74 Å². The number of nitro benzene ring substituents is 1. The van der Waals surface area contributed by atoms with Crippen LogP contribution >= 0.6 is 0 Å². The largest absolute Gasteiger partial charge is 0.377 e. The number of hydrogen-bond donors (Lipinski definition) is 1. The zero-order valence-corrected chi connectivity index (χ0v) is 16.6. The van der Waals surface area contributed by atoms with E-state index in [-0.39, 0.29) is 34.5 Å². The number of nitrogens with one attached hydrogen (secondary N) is 1. The first kappa shape index (κ1) is 19.6. The van der Waals surface area contributed by atoms with Crippen molar-refractivity contribution in [2.24, 2.45) is 7.05 Å². The summed E-state index contributed by atoms with van der Waals surface area (Å²) in [6.07, 6.45) is 10.6. The van der Waals surface area contributed by atoms with Crippen LogP contribution in [0.2, 0.25) is 0 Å². The summed E-state index contributed by atoms with van der Waals surface area (Å²) in [5, 5.41) is 15.1. The second-order valence-corrected chi connectivity index (χ2v) is 8.11. The molecular weight excluding hydrogens is 372 g/mol. The molecule has 1 aromatic carbocycles. The third kappa shape index (κ3) is 4.03. The van der Waals surface area contributed by atoms with Gasteiger partial charge in [0.15, 0.2) is 5.82 Å². The Morgan fingerprint density at radius 1 is 1.34 bits per heavy atom. The highest BCUT2D eigenvalue weighted by Crippen LogP contribution is 2.40. The smallest absolute Gasteiger partial charge is 0.293 e. The van der Waals surface area contributed by atoms with Crippen LogP contribution in [-0.4, -0.2) is 38.5 Å². The van der Waals surface area contributed by atoms with Crippen molar-refractivity contribution in [3.63, 3.8) is 0 Å². The standard InChI is InChI=1S/C21H26N4O4/c1-24-11-10-22-20(24)19(26)15-5-6-17(18(13-15)25(27)28)23-16-7-12-29-21(14-16)8-3-2-4-9-21/h5-6,10-11,13,16,23H,2-4,7-9,12,14H2,1H3. The Morgan fingerprint density at radius 3 is 2.83 bits per heavy atom. The van der Waals surface area contributed by atoms with Crippen molar-refractivity contribution in [1.29, 1.82) is 0 Å². The normalized spacial score (nSPS) is 21.1.